The number of thiazole rings is 1. The molecular weight excluding hydrogens is 419 g/mol. The van der Waals surface area contributed by atoms with Crippen molar-refractivity contribution in [2.75, 3.05) is 13.3 Å². The zero-order chi connectivity index (χ0) is 21.6. The van der Waals surface area contributed by atoms with Gasteiger partial charge in [0.15, 0.2) is 6.10 Å². The Balaban J connectivity index is 1.42. The fraction of sp³-hybridized carbons (Fsp3) is 0.174. The van der Waals surface area contributed by atoms with Crippen molar-refractivity contribution in [2.24, 2.45) is 0 Å². The maximum absolute atomic E-state index is 13.4. The minimum Gasteiger partial charge on any atom is -0.485 e. The Labute approximate surface area is 182 Å². The van der Waals surface area contributed by atoms with Gasteiger partial charge in [0, 0.05) is 17.7 Å². The van der Waals surface area contributed by atoms with Crippen molar-refractivity contribution in [3.63, 3.8) is 0 Å². The molecule has 0 fully saturated rings. The molecule has 1 heterocycles. The molecule has 4 rings (SSSR count). The van der Waals surface area contributed by atoms with Gasteiger partial charge in [-0.15, -0.1) is 11.3 Å². The highest BCUT2D eigenvalue weighted by molar-refractivity contribution is 7.21. The zero-order valence-electron chi connectivity index (χ0n) is 16.4. The largest absolute Gasteiger partial charge is 0.485 e. The Morgan fingerprint density at radius 1 is 1.06 bits per heavy atom. The van der Waals surface area contributed by atoms with E-state index < -0.39 is 17.7 Å². The van der Waals surface area contributed by atoms with Crippen LogP contribution in [-0.2, 0) is 11.3 Å². The average molecular weight is 438 g/mol. The first-order chi connectivity index (χ1) is 15.1. The summed E-state index contributed by atoms with van der Waals surface area (Å²) < 4.78 is 25.7. The van der Waals surface area contributed by atoms with Gasteiger partial charge in [-0.25, -0.2) is 9.37 Å². The minimum atomic E-state index is -0.705. The smallest absolute Gasteiger partial charge is 0.269 e. The Morgan fingerprint density at radius 2 is 1.84 bits per heavy atom. The Morgan fingerprint density at radius 3 is 2.55 bits per heavy atom. The molecule has 0 aliphatic rings. The summed E-state index contributed by atoms with van der Waals surface area (Å²) in [7, 11) is 0. The maximum Gasteiger partial charge on any atom is 0.269 e. The molecule has 0 amide bonds. The van der Waals surface area contributed by atoms with Crippen LogP contribution < -0.4 is 4.74 Å². The highest BCUT2D eigenvalue weighted by Crippen LogP contribution is 2.33. The molecule has 31 heavy (non-hydrogen) atoms. The van der Waals surface area contributed by atoms with E-state index >= 15 is 0 Å². The quantitative estimate of drug-likeness (QED) is 0.244. The highest BCUT2D eigenvalue weighted by Gasteiger charge is 2.14. The second-order valence-corrected chi connectivity index (χ2v) is 7.88. The first-order valence-electron chi connectivity index (χ1n) is 9.62. The Bertz CT molecular complexity index is 1170. The molecule has 8 heteroatoms. The van der Waals surface area contributed by atoms with Crippen molar-refractivity contribution in [1.29, 1.82) is 0 Å². The van der Waals surface area contributed by atoms with Gasteiger partial charge in [-0.05, 0) is 35.9 Å². The Hall–Kier alpha value is -3.36. The maximum atomic E-state index is 13.4. The summed E-state index contributed by atoms with van der Waals surface area (Å²) in [5.41, 5.74) is 2.63. The van der Waals surface area contributed by atoms with Gasteiger partial charge in [-0.2, -0.15) is 0 Å². The predicted molar refractivity (Wildman–Crippen MR) is 118 cm³/mol. The van der Waals surface area contributed by atoms with E-state index in [1.165, 1.54) is 23.5 Å². The number of non-ortho nitro benzene ring substituents is 1. The van der Waals surface area contributed by atoms with Crippen molar-refractivity contribution in [3.05, 3.63) is 88.5 Å². The number of aromatic nitrogens is 1. The van der Waals surface area contributed by atoms with Crippen LogP contribution in [0.1, 0.15) is 5.56 Å². The number of hydrogen-bond acceptors (Lipinski definition) is 6. The van der Waals surface area contributed by atoms with E-state index in [-0.39, 0.29) is 12.3 Å². The SMILES string of the molecule is O=[N+]([O-])c1ccc(-c2nc3ccc(OC(CF)COCc4ccccc4)cc3s2)cc1. The van der Waals surface area contributed by atoms with Crippen LogP contribution in [0.5, 0.6) is 5.75 Å². The molecule has 0 bridgehead atoms. The van der Waals surface area contributed by atoms with Crippen LogP contribution in [0.15, 0.2) is 72.8 Å². The summed E-state index contributed by atoms with van der Waals surface area (Å²) in [6, 6.07) is 21.3. The molecule has 0 saturated heterocycles. The summed E-state index contributed by atoms with van der Waals surface area (Å²) >= 11 is 1.44. The van der Waals surface area contributed by atoms with Crippen molar-refractivity contribution in [1.82, 2.24) is 4.98 Å². The lowest BCUT2D eigenvalue weighted by Crippen LogP contribution is -2.25. The van der Waals surface area contributed by atoms with E-state index in [4.69, 9.17) is 9.47 Å². The van der Waals surface area contributed by atoms with Gasteiger partial charge >= 0.3 is 0 Å². The molecule has 0 N–H and O–H groups in total. The van der Waals surface area contributed by atoms with Crippen LogP contribution in [0.3, 0.4) is 0 Å². The normalized spacial score (nSPS) is 12.0. The van der Waals surface area contributed by atoms with E-state index in [0.717, 1.165) is 26.4 Å². The van der Waals surface area contributed by atoms with Crippen molar-refractivity contribution < 1.29 is 18.8 Å². The summed E-state index contributed by atoms with van der Waals surface area (Å²) in [5.74, 6) is 0.539. The predicted octanol–water partition coefficient (Wildman–Crippen LogP) is 5.81. The number of nitro benzene ring substituents is 1. The van der Waals surface area contributed by atoms with E-state index in [1.807, 2.05) is 42.5 Å². The second kappa shape index (κ2) is 9.63. The van der Waals surface area contributed by atoms with Crippen molar-refractivity contribution >= 4 is 27.2 Å². The first-order valence-corrected chi connectivity index (χ1v) is 10.4. The molecule has 0 aliphatic carbocycles. The van der Waals surface area contributed by atoms with Gasteiger partial charge in [-0.1, -0.05) is 30.3 Å². The lowest BCUT2D eigenvalue weighted by Gasteiger charge is -2.16. The fourth-order valence-electron chi connectivity index (χ4n) is 3.01. The molecule has 0 aliphatic heterocycles. The van der Waals surface area contributed by atoms with E-state index in [9.17, 15) is 14.5 Å². The fourth-order valence-corrected chi connectivity index (χ4v) is 4.01. The molecule has 1 atom stereocenters. The molecule has 0 radical (unpaired) electrons. The van der Waals surface area contributed by atoms with Crippen LogP contribution in [-0.4, -0.2) is 29.3 Å². The molecule has 0 spiro atoms. The van der Waals surface area contributed by atoms with E-state index in [0.29, 0.717) is 12.4 Å². The molecule has 1 unspecified atom stereocenters. The average Bonchev–Trinajstić information content (AvgIpc) is 3.22. The zero-order valence-corrected chi connectivity index (χ0v) is 17.3. The van der Waals surface area contributed by atoms with Gasteiger partial charge in [0.25, 0.3) is 5.69 Å². The van der Waals surface area contributed by atoms with Gasteiger partial charge in [0.05, 0.1) is 28.4 Å². The summed E-state index contributed by atoms with van der Waals surface area (Å²) in [5, 5.41) is 11.6. The molecule has 158 valence electrons. The summed E-state index contributed by atoms with van der Waals surface area (Å²) in [6.45, 7) is -0.128. The number of benzene rings is 3. The van der Waals surface area contributed by atoms with Crippen LogP contribution in [0.4, 0.5) is 10.1 Å². The van der Waals surface area contributed by atoms with Crippen LogP contribution in [0, 0.1) is 10.1 Å². The van der Waals surface area contributed by atoms with E-state index in [2.05, 4.69) is 4.98 Å². The molecule has 4 aromatic rings. The van der Waals surface area contributed by atoms with Gasteiger partial charge in [0.1, 0.15) is 17.4 Å². The monoisotopic (exact) mass is 438 g/mol. The lowest BCUT2D eigenvalue weighted by molar-refractivity contribution is -0.384. The molecule has 1 aromatic heterocycles. The number of rotatable bonds is 9. The molecule has 0 saturated carbocycles. The minimum absolute atomic E-state index is 0.0345. The standard InChI is InChI=1S/C23H19FN2O4S/c24-13-20(15-29-14-16-4-2-1-3-5-16)30-19-10-11-21-22(12-19)31-23(25-21)17-6-8-18(9-7-17)26(27)28/h1-12,20H,13-15H2. The molecule has 3 aromatic carbocycles. The third kappa shape index (κ3) is 5.22. The second-order valence-electron chi connectivity index (χ2n) is 6.85. The van der Waals surface area contributed by atoms with Crippen molar-refractivity contribution in [3.8, 4) is 16.3 Å². The van der Waals surface area contributed by atoms with Gasteiger partial charge in [0.2, 0.25) is 0 Å². The third-order valence-corrected chi connectivity index (χ3v) is 5.64. The van der Waals surface area contributed by atoms with Crippen LogP contribution >= 0.6 is 11.3 Å². The molecular formula is C23H19FN2O4S. The van der Waals surface area contributed by atoms with Gasteiger partial charge < -0.3 is 9.47 Å². The topological polar surface area (TPSA) is 74.5 Å². The summed E-state index contributed by atoms with van der Waals surface area (Å²) in [4.78, 5) is 15.0. The summed E-state index contributed by atoms with van der Waals surface area (Å²) in [6.07, 6.45) is -0.705. The number of hydrogen-bond donors (Lipinski definition) is 0. The van der Waals surface area contributed by atoms with E-state index in [1.54, 1.807) is 18.2 Å². The lowest BCUT2D eigenvalue weighted by atomic mass is 10.2. The van der Waals surface area contributed by atoms with Crippen molar-refractivity contribution in [2.45, 2.75) is 12.7 Å². The number of ether oxygens (including phenoxy) is 2. The number of nitrogens with zero attached hydrogens (tertiary/aromatic N) is 2. The number of fused-ring (bicyclic) bond motifs is 1. The van der Waals surface area contributed by atoms with Gasteiger partial charge in [-0.3, -0.25) is 10.1 Å². The third-order valence-electron chi connectivity index (χ3n) is 4.58. The van der Waals surface area contributed by atoms with Crippen LogP contribution in [0.25, 0.3) is 20.8 Å². The molecule has 6 nitrogen and oxygen atoms in total. The number of nitro groups is 1. The first kappa shape index (κ1) is 20.9. The van der Waals surface area contributed by atoms with Crippen LogP contribution in [0.2, 0.25) is 0 Å². The number of alkyl halides is 1. The Kier molecular flexibility index (Phi) is 6.49. The highest BCUT2D eigenvalue weighted by atomic mass is 32.1. The number of halogens is 1.